The van der Waals surface area contributed by atoms with E-state index in [1.807, 2.05) is 0 Å². The smallest absolute Gasteiger partial charge is 0 e. The summed E-state index contributed by atoms with van der Waals surface area (Å²) >= 11 is 0. The topological polar surface area (TPSA) is 0 Å². The Morgan fingerprint density at radius 1 is 1.00 bits per heavy atom. The molecule has 0 rings (SSSR count). The van der Waals surface area contributed by atoms with Gasteiger partial charge >= 0.3 is 0 Å². The molecule has 0 bridgehead atoms. The Labute approximate surface area is 85.5 Å². The third-order valence-electron chi connectivity index (χ3n) is 0. The molecule has 4 heteroatoms. The van der Waals surface area contributed by atoms with E-state index in [0.717, 1.165) is 0 Å². The second kappa shape index (κ2) is 17.1. The van der Waals surface area contributed by atoms with Crippen LogP contribution < -0.4 is 0 Å². The predicted molar refractivity (Wildman–Crippen MR) is 11.5 cm³/mol. The van der Waals surface area contributed by atoms with E-state index in [2.05, 4.69) is 0 Å². The normalized spacial score (nSPS) is 0. The molecule has 0 nitrogen and oxygen atoms in total. The standard InChI is InChI=1S/Al.Ge.La.Ni. The van der Waals surface area contributed by atoms with Crippen LogP contribution in [-0.2, 0) is 16.5 Å². The largest absolute Gasteiger partial charge is 0 e. The van der Waals surface area contributed by atoms with E-state index in [9.17, 15) is 0 Å². The number of rotatable bonds is 0. The van der Waals surface area contributed by atoms with Crippen molar-refractivity contribution in [3.8, 4) is 0 Å². The van der Waals surface area contributed by atoms with Crippen molar-refractivity contribution in [2.75, 3.05) is 0 Å². The maximum atomic E-state index is 0. The van der Waals surface area contributed by atoms with Crippen LogP contribution in [0.1, 0.15) is 0 Å². The van der Waals surface area contributed by atoms with Gasteiger partial charge in [-0.2, -0.15) is 0 Å². The van der Waals surface area contributed by atoms with Crippen LogP contribution in [0, 0.1) is 35.6 Å². The Kier molecular flexibility index (Phi) is 126. The van der Waals surface area contributed by atoms with Gasteiger partial charge in [0.1, 0.15) is 0 Å². The van der Waals surface area contributed by atoms with Crippen molar-refractivity contribution >= 4 is 35.0 Å². The van der Waals surface area contributed by atoms with Gasteiger partial charge in [0.2, 0.25) is 0 Å². The first-order valence-electron chi connectivity index (χ1n) is 0. The molecule has 0 aromatic rings. The molecule has 0 aromatic carbocycles. The monoisotopic (exact) mass is 298 g/mol. The van der Waals surface area contributed by atoms with Crippen molar-refractivity contribution in [2.45, 2.75) is 0 Å². The quantitative estimate of drug-likeness (QED) is 0.516. The van der Waals surface area contributed by atoms with Crippen LogP contribution in [0.3, 0.4) is 0 Å². The van der Waals surface area contributed by atoms with Gasteiger partial charge in [-0.05, 0) is 0 Å². The van der Waals surface area contributed by atoms with E-state index < -0.39 is 0 Å². The average molecular weight is 297 g/mol. The zero-order chi connectivity index (χ0) is 0. The van der Waals surface area contributed by atoms with E-state index in [0.29, 0.717) is 0 Å². The molecule has 0 saturated heterocycles. The van der Waals surface area contributed by atoms with Gasteiger partial charge in [0.05, 0.1) is 0 Å². The molecule has 0 aliphatic heterocycles. The van der Waals surface area contributed by atoms with Gasteiger partial charge in [0.15, 0.2) is 0 Å². The van der Waals surface area contributed by atoms with Gasteiger partial charge in [-0.3, -0.25) is 0 Å². The van der Waals surface area contributed by atoms with Gasteiger partial charge in [-0.1, -0.05) is 0 Å². The van der Waals surface area contributed by atoms with Gasteiger partial charge in [-0.25, -0.2) is 0 Å². The molecule has 0 unspecified atom stereocenters. The molecule has 8 radical (unpaired) electrons. The summed E-state index contributed by atoms with van der Waals surface area (Å²) in [5.41, 5.74) is 0. The summed E-state index contributed by atoms with van der Waals surface area (Å²) in [5, 5.41) is 0. The molecular weight excluding hydrogens is 297 g/mol. The summed E-state index contributed by atoms with van der Waals surface area (Å²) in [7, 11) is 0. The van der Waals surface area contributed by atoms with E-state index in [1.54, 1.807) is 0 Å². The fraction of sp³-hybridized carbons (Fsp3) is 0. The summed E-state index contributed by atoms with van der Waals surface area (Å²) in [5.74, 6) is 0. The van der Waals surface area contributed by atoms with Crippen LogP contribution in [0.15, 0.2) is 0 Å². The molecule has 0 aliphatic rings. The molecule has 0 fully saturated rings. The van der Waals surface area contributed by atoms with E-state index in [1.165, 1.54) is 0 Å². The molecule has 4 heavy (non-hydrogen) atoms. The van der Waals surface area contributed by atoms with Crippen molar-refractivity contribution in [1.29, 1.82) is 0 Å². The maximum absolute atomic E-state index is 0. The van der Waals surface area contributed by atoms with Crippen LogP contribution in [0.25, 0.3) is 0 Å². The van der Waals surface area contributed by atoms with Gasteiger partial charge in [0, 0.05) is 87.0 Å². The predicted octanol–water partition coefficient (Wildman–Crippen LogP) is -0.764. The third kappa shape index (κ3) is 8.83. The van der Waals surface area contributed by atoms with E-state index in [-0.39, 0.29) is 87.0 Å². The minimum Gasteiger partial charge on any atom is 0 e. The average Bonchev–Trinajstić information content (AvgIpc) is 0. The molecule has 0 aliphatic carbocycles. The molecule has 20 valence electrons. The van der Waals surface area contributed by atoms with Crippen molar-refractivity contribution in [2.24, 2.45) is 0 Å². The minimum absolute atomic E-state index is 0. The van der Waals surface area contributed by atoms with Crippen LogP contribution in [0.5, 0.6) is 0 Å². The molecule has 0 heterocycles. The Hall–Kier alpha value is 2.76. The summed E-state index contributed by atoms with van der Waals surface area (Å²) in [4.78, 5) is 0. The van der Waals surface area contributed by atoms with Gasteiger partial charge < -0.3 is 0 Å². The van der Waals surface area contributed by atoms with Crippen LogP contribution in [0.2, 0.25) is 0 Å². The fourth-order valence-electron chi connectivity index (χ4n) is 0. The van der Waals surface area contributed by atoms with E-state index in [4.69, 9.17) is 0 Å². The first kappa shape index (κ1) is 29.4. The van der Waals surface area contributed by atoms with E-state index >= 15 is 0 Å². The number of hydrogen-bond acceptors (Lipinski definition) is 0. The SMILES string of the molecule is [Al].[Ge].[La].[Ni]. The van der Waals surface area contributed by atoms with Crippen LogP contribution in [-0.4, -0.2) is 35.0 Å². The minimum atomic E-state index is 0. The molecule has 0 amide bonds. The molecule has 0 aromatic heterocycles. The fourth-order valence-corrected chi connectivity index (χ4v) is 0. The Balaban J connectivity index is 0. The zero-order valence-electron chi connectivity index (χ0n) is 1.97. The van der Waals surface area contributed by atoms with Crippen molar-refractivity contribution < 1.29 is 52.1 Å². The van der Waals surface area contributed by atoms with Crippen molar-refractivity contribution in [1.82, 2.24) is 0 Å². The number of hydrogen-bond donors (Lipinski definition) is 0. The van der Waals surface area contributed by atoms with Crippen LogP contribution in [0.4, 0.5) is 0 Å². The summed E-state index contributed by atoms with van der Waals surface area (Å²) < 4.78 is 0. The van der Waals surface area contributed by atoms with Gasteiger partial charge in [-0.15, -0.1) is 0 Å². The summed E-state index contributed by atoms with van der Waals surface area (Å²) in [6, 6.07) is 0. The molecule has 0 saturated carbocycles. The molecule has 0 N–H and O–H groups in total. The summed E-state index contributed by atoms with van der Waals surface area (Å²) in [6.45, 7) is 0. The first-order valence-corrected chi connectivity index (χ1v) is 0. The van der Waals surface area contributed by atoms with Crippen molar-refractivity contribution in [3.63, 3.8) is 0 Å². The molecule has 0 spiro atoms. The second-order valence-corrected chi connectivity index (χ2v) is 0. The van der Waals surface area contributed by atoms with Crippen LogP contribution >= 0.6 is 0 Å². The third-order valence-corrected chi connectivity index (χ3v) is 0. The molecular formula is AlGeLaNi. The van der Waals surface area contributed by atoms with Gasteiger partial charge in [0.25, 0.3) is 0 Å². The Morgan fingerprint density at radius 2 is 1.00 bits per heavy atom. The van der Waals surface area contributed by atoms with Crippen molar-refractivity contribution in [3.05, 3.63) is 0 Å². The second-order valence-electron chi connectivity index (χ2n) is 0. The first-order chi connectivity index (χ1) is 0. The zero-order valence-corrected chi connectivity index (χ0v) is 9.84. The summed E-state index contributed by atoms with van der Waals surface area (Å²) in [6.07, 6.45) is 0. The maximum Gasteiger partial charge on any atom is 0 e. The molecule has 0 atom stereocenters. The Bertz CT molecular complexity index is 8.00. The Morgan fingerprint density at radius 3 is 1.00 bits per heavy atom.